The van der Waals surface area contributed by atoms with Crippen LogP contribution in [-0.2, 0) is 16.0 Å². The summed E-state index contributed by atoms with van der Waals surface area (Å²) in [6.07, 6.45) is 1.96. The van der Waals surface area contributed by atoms with E-state index >= 15 is 0 Å². The molecular weight excluding hydrogens is 270 g/mol. The third-order valence-electron chi connectivity index (χ3n) is 3.34. The van der Waals surface area contributed by atoms with Crippen molar-refractivity contribution in [1.82, 2.24) is 9.55 Å². The van der Waals surface area contributed by atoms with Crippen LogP contribution in [0.15, 0.2) is 18.2 Å². The van der Waals surface area contributed by atoms with Crippen molar-refractivity contribution in [2.75, 3.05) is 39.8 Å². The van der Waals surface area contributed by atoms with E-state index in [1.807, 2.05) is 22.8 Å². The molecule has 6 nitrogen and oxygen atoms in total. The molecule has 0 bridgehead atoms. The molecule has 116 valence electrons. The number of nitrogens with zero attached hydrogens (tertiary/aromatic N) is 2. The van der Waals surface area contributed by atoms with Crippen LogP contribution in [0, 0.1) is 0 Å². The van der Waals surface area contributed by atoms with Crippen LogP contribution in [0.1, 0.15) is 12.8 Å². The average Bonchev–Trinajstić information content (AvgIpc) is 2.81. The maximum atomic E-state index is 5.99. The molecule has 0 aliphatic heterocycles. The number of aromatic nitrogens is 2. The Morgan fingerprint density at radius 3 is 2.76 bits per heavy atom. The van der Waals surface area contributed by atoms with Gasteiger partial charge in [-0.2, -0.15) is 0 Å². The molecule has 0 aliphatic carbocycles. The normalized spacial score (nSPS) is 11.1. The number of ether oxygens (including phenoxy) is 3. The Morgan fingerprint density at radius 2 is 2.00 bits per heavy atom. The average molecular weight is 293 g/mol. The largest absolute Gasteiger partial charge is 0.497 e. The van der Waals surface area contributed by atoms with Gasteiger partial charge in [0, 0.05) is 26.3 Å². The molecule has 6 heteroatoms. The minimum atomic E-state index is 0.540. The van der Waals surface area contributed by atoms with Gasteiger partial charge in [-0.15, -0.1) is 0 Å². The first kappa shape index (κ1) is 15.6. The number of anilines is 1. The van der Waals surface area contributed by atoms with E-state index in [0.29, 0.717) is 19.2 Å². The summed E-state index contributed by atoms with van der Waals surface area (Å²) in [6, 6.07) is 5.78. The highest BCUT2D eigenvalue weighted by molar-refractivity contribution is 5.79. The van der Waals surface area contributed by atoms with Gasteiger partial charge in [-0.05, 0) is 25.0 Å². The molecule has 0 radical (unpaired) electrons. The van der Waals surface area contributed by atoms with Crippen LogP contribution in [-0.4, -0.2) is 43.6 Å². The highest BCUT2D eigenvalue weighted by Crippen LogP contribution is 2.23. The highest BCUT2D eigenvalue weighted by atomic mass is 16.5. The van der Waals surface area contributed by atoms with Gasteiger partial charge in [-0.1, -0.05) is 0 Å². The van der Waals surface area contributed by atoms with E-state index in [2.05, 4.69) is 4.98 Å². The fourth-order valence-electron chi connectivity index (χ4n) is 2.20. The zero-order valence-corrected chi connectivity index (χ0v) is 12.7. The molecule has 0 aliphatic rings. The molecular formula is C15H23N3O3. The Balaban J connectivity index is 1.90. The first-order chi connectivity index (χ1) is 10.3. The molecule has 1 heterocycles. The molecule has 1 aromatic heterocycles. The lowest BCUT2D eigenvalue weighted by atomic mass is 10.2. The van der Waals surface area contributed by atoms with E-state index in [1.54, 1.807) is 14.2 Å². The summed E-state index contributed by atoms with van der Waals surface area (Å²) in [5, 5.41) is 0. The van der Waals surface area contributed by atoms with Crippen molar-refractivity contribution in [3.05, 3.63) is 18.2 Å². The number of imidazole rings is 1. The summed E-state index contributed by atoms with van der Waals surface area (Å²) in [5.41, 5.74) is 7.89. The molecule has 1 aromatic carbocycles. The number of unbranched alkanes of at least 4 members (excludes halogenated alkanes) is 1. The monoisotopic (exact) mass is 293 g/mol. The standard InChI is InChI=1S/C15H23N3O3/c1-19-9-10-21-8-4-3-7-18-14-11-12(20-2)5-6-13(14)17-15(18)16/h5-6,11H,3-4,7-10H2,1-2H3,(H2,16,17). The Hall–Kier alpha value is -1.79. The smallest absolute Gasteiger partial charge is 0.201 e. The lowest BCUT2D eigenvalue weighted by Gasteiger charge is -2.08. The van der Waals surface area contributed by atoms with Gasteiger partial charge in [0.05, 0.1) is 31.4 Å². The van der Waals surface area contributed by atoms with Gasteiger partial charge in [0.2, 0.25) is 5.95 Å². The van der Waals surface area contributed by atoms with E-state index in [4.69, 9.17) is 19.9 Å². The zero-order chi connectivity index (χ0) is 15.1. The lowest BCUT2D eigenvalue weighted by molar-refractivity contribution is 0.0684. The topological polar surface area (TPSA) is 71.5 Å². The van der Waals surface area contributed by atoms with Crippen LogP contribution in [0.25, 0.3) is 11.0 Å². The number of nitrogens with two attached hydrogens (primary N) is 1. The molecule has 0 saturated heterocycles. The summed E-state index contributed by atoms with van der Waals surface area (Å²) < 4.78 is 17.6. The molecule has 21 heavy (non-hydrogen) atoms. The molecule has 0 atom stereocenters. The van der Waals surface area contributed by atoms with Crippen molar-refractivity contribution in [3.8, 4) is 5.75 Å². The highest BCUT2D eigenvalue weighted by Gasteiger charge is 2.08. The maximum Gasteiger partial charge on any atom is 0.201 e. The summed E-state index contributed by atoms with van der Waals surface area (Å²) in [5.74, 6) is 1.35. The number of methoxy groups -OCH3 is 2. The van der Waals surface area contributed by atoms with E-state index in [1.165, 1.54) is 0 Å². The van der Waals surface area contributed by atoms with Gasteiger partial charge < -0.3 is 24.5 Å². The van der Waals surface area contributed by atoms with Crippen molar-refractivity contribution in [3.63, 3.8) is 0 Å². The van der Waals surface area contributed by atoms with Gasteiger partial charge in [0.15, 0.2) is 0 Å². The van der Waals surface area contributed by atoms with Gasteiger partial charge in [0.25, 0.3) is 0 Å². The summed E-state index contributed by atoms with van der Waals surface area (Å²) in [7, 11) is 3.33. The number of nitrogen functional groups attached to an aromatic ring is 1. The molecule has 2 aromatic rings. The molecule has 0 spiro atoms. The number of aryl methyl sites for hydroxylation is 1. The minimum absolute atomic E-state index is 0.540. The van der Waals surface area contributed by atoms with Crippen LogP contribution < -0.4 is 10.5 Å². The first-order valence-electron chi connectivity index (χ1n) is 7.12. The Bertz CT molecular complexity index is 569. The Labute approximate surface area is 124 Å². The Kier molecular flexibility index (Phi) is 5.83. The fourth-order valence-corrected chi connectivity index (χ4v) is 2.20. The summed E-state index contributed by atoms with van der Waals surface area (Å²) in [4.78, 5) is 4.37. The van der Waals surface area contributed by atoms with Crippen molar-refractivity contribution in [1.29, 1.82) is 0 Å². The van der Waals surface area contributed by atoms with Crippen molar-refractivity contribution in [2.45, 2.75) is 19.4 Å². The first-order valence-corrected chi connectivity index (χ1v) is 7.12. The second-order valence-electron chi connectivity index (χ2n) is 4.79. The van der Waals surface area contributed by atoms with E-state index < -0.39 is 0 Å². The lowest BCUT2D eigenvalue weighted by Crippen LogP contribution is -2.06. The Morgan fingerprint density at radius 1 is 1.14 bits per heavy atom. The fraction of sp³-hybridized carbons (Fsp3) is 0.533. The number of rotatable bonds is 9. The van der Waals surface area contributed by atoms with Crippen LogP contribution in [0.3, 0.4) is 0 Å². The predicted octanol–water partition coefficient (Wildman–Crippen LogP) is 2.07. The quantitative estimate of drug-likeness (QED) is 0.717. The van der Waals surface area contributed by atoms with Crippen LogP contribution in [0.4, 0.5) is 5.95 Å². The van der Waals surface area contributed by atoms with Crippen LogP contribution in [0.5, 0.6) is 5.75 Å². The summed E-state index contributed by atoms with van der Waals surface area (Å²) in [6.45, 7) is 2.84. The summed E-state index contributed by atoms with van der Waals surface area (Å²) >= 11 is 0. The van der Waals surface area contributed by atoms with Gasteiger partial charge in [-0.25, -0.2) is 4.98 Å². The second-order valence-corrected chi connectivity index (χ2v) is 4.79. The van der Waals surface area contributed by atoms with Crippen molar-refractivity contribution < 1.29 is 14.2 Å². The van der Waals surface area contributed by atoms with Crippen LogP contribution >= 0.6 is 0 Å². The van der Waals surface area contributed by atoms with E-state index in [9.17, 15) is 0 Å². The van der Waals surface area contributed by atoms with Crippen molar-refractivity contribution in [2.24, 2.45) is 0 Å². The van der Waals surface area contributed by atoms with Gasteiger partial charge in [-0.3, -0.25) is 0 Å². The van der Waals surface area contributed by atoms with E-state index in [-0.39, 0.29) is 0 Å². The molecule has 0 amide bonds. The molecule has 0 fully saturated rings. The number of hydrogen-bond donors (Lipinski definition) is 1. The third-order valence-corrected chi connectivity index (χ3v) is 3.34. The SMILES string of the molecule is COCCOCCCCn1c(N)nc2ccc(OC)cc21. The molecule has 0 saturated carbocycles. The predicted molar refractivity (Wildman–Crippen MR) is 82.6 cm³/mol. The molecule has 0 unspecified atom stereocenters. The van der Waals surface area contributed by atoms with Gasteiger partial charge in [0.1, 0.15) is 5.75 Å². The molecule has 2 N–H and O–H groups in total. The third kappa shape index (κ3) is 4.09. The zero-order valence-electron chi connectivity index (χ0n) is 12.7. The minimum Gasteiger partial charge on any atom is -0.497 e. The number of fused-ring (bicyclic) bond motifs is 1. The van der Waals surface area contributed by atoms with Crippen molar-refractivity contribution >= 4 is 17.0 Å². The number of hydrogen-bond acceptors (Lipinski definition) is 5. The second kappa shape index (κ2) is 7.85. The molecule has 2 rings (SSSR count). The van der Waals surface area contributed by atoms with E-state index in [0.717, 1.165) is 42.8 Å². The number of benzene rings is 1. The van der Waals surface area contributed by atoms with Gasteiger partial charge >= 0.3 is 0 Å². The maximum absolute atomic E-state index is 5.99. The van der Waals surface area contributed by atoms with Crippen LogP contribution in [0.2, 0.25) is 0 Å².